The Bertz CT molecular complexity index is 325. The van der Waals surface area contributed by atoms with E-state index in [0.29, 0.717) is 45.8 Å². The summed E-state index contributed by atoms with van der Waals surface area (Å²) in [5.74, 6) is -0.242. The van der Waals surface area contributed by atoms with Gasteiger partial charge in [0.2, 0.25) is 0 Å². The van der Waals surface area contributed by atoms with Gasteiger partial charge in [0.1, 0.15) is 5.60 Å². The van der Waals surface area contributed by atoms with E-state index in [1.165, 1.54) is 0 Å². The first-order valence-electron chi connectivity index (χ1n) is 8.01. The summed E-state index contributed by atoms with van der Waals surface area (Å²) in [7, 11) is 0. The third-order valence-corrected chi connectivity index (χ3v) is 2.62. The van der Waals surface area contributed by atoms with Crippen LogP contribution in [0.25, 0.3) is 0 Å². The minimum Gasteiger partial charge on any atom is -0.466 e. The van der Waals surface area contributed by atoms with E-state index in [4.69, 9.17) is 14.2 Å². The second-order valence-corrected chi connectivity index (χ2v) is 5.99. The van der Waals surface area contributed by atoms with Crippen LogP contribution in [0.2, 0.25) is 0 Å². The predicted molar refractivity (Wildman–Crippen MR) is 84.8 cm³/mol. The molecule has 130 valence electrons. The van der Waals surface area contributed by atoms with Gasteiger partial charge in [-0.2, -0.15) is 0 Å². The smallest absolute Gasteiger partial charge is 0.410 e. The quantitative estimate of drug-likeness (QED) is 0.458. The summed E-state index contributed by atoms with van der Waals surface area (Å²) in [5, 5.41) is 0. The van der Waals surface area contributed by atoms with Crippen molar-refractivity contribution in [2.45, 2.75) is 59.5 Å². The van der Waals surface area contributed by atoms with Crippen molar-refractivity contribution in [3.63, 3.8) is 0 Å². The molecule has 0 aliphatic rings. The highest BCUT2D eigenvalue weighted by atomic mass is 16.6. The van der Waals surface area contributed by atoms with Gasteiger partial charge in [-0.25, -0.2) is 4.79 Å². The Morgan fingerprint density at radius 3 is 2.27 bits per heavy atom. The van der Waals surface area contributed by atoms with E-state index >= 15 is 0 Å². The predicted octanol–water partition coefficient (Wildman–Crippen LogP) is 2.99. The molecule has 0 saturated heterocycles. The van der Waals surface area contributed by atoms with Crippen LogP contribution >= 0.6 is 0 Å². The zero-order valence-corrected chi connectivity index (χ0v) is 14.6. The molecule has 6 heteroatoms. The molecule has 0 aromatic carbocycles. The van der Waals surface area contributed by atoms with Crippen LogP contribution in [-0.4, -0.2) is 55.5 Å². The van der Waals surface area contributed by atoms with Crippen molar-refractivity contribution in [3.05, 3.63) is 0 Å². The lowest BCUT2D eigenvalue weighted by Gasteiger charge is -2.27. The van der Waals surface area contributed by atoms with Crippen LogP contribution in [0, 0.1) is 0 Å². The SMILES string of the molecule is CCCOCCN(CCCC(=O)OCC)C(=O)OC(C)(C)C. The van der Waals surface area contributed by atoms with Gasteiger partial charge in [0.15, 0.2) is 0 Å². The van der Waals surface area contributed by atoms with Crippen molar-refractivity contribution >= 4 is 12.1 Å². The fourth-order valence-electron chi connectivity index (χ4n) is 1.69. The zero-order chi connectivity index (χ0) is 17.0. The summed E-state index contributed by atoms with van der Waals surface area (Å²) in [6.07, 6.45) is 1.40. The van der Waals surface area contributed by atoms with Gasteiger partial charge in [0, 0.05) is 26.1 Å². The van der Waals surface area contributed by atoms with Crippen LogP contribution in [0.3, 0.4) is 0 Å². The van der Waals surface area contributed by atoms with Crippen molar-refractivity contribution in [2.24, 2.45) is 0 Å². The molecule has 6 nitrogen and oxygen atoms in total. The molecule has 0 N–H and O–H groups in total. The van der Waals surface area contributed by atoms with E-state index in [1.807, 2.05) is 27.7 Å². The number of hydrogen-bond acceptors (Lipinski definition) is 5. The highest BCUT2D eigenvalue weighted by Crippen LogP contribution is 2.10. The number of carbonyl (C=O) groups is 2. The average Bonchev–Trinajstić information content (AvgIpc) is 2.39. The molecule has 0 rings (SSSR count). The molecule has 1 amide bonds. The number of carbonyl (C=O) groups excluding carboxylic acids is 2. The van der Waals surface area contributed by atoms with Crippen LogP contribution < -0.4 is 0 Å². The van der Waals surface area contributed by atoms with E-state index in [2.05, 4.69) is 0 Å². The minimum atomic E-state index is -0.541. The number of hydrogen-bond donors (Lipinski definition) is 0. The Morgan fingerprint density at radius 1 is 1.05 bits per heavy atom. The number of amides is 1. The van der Waals surface area contributed by atoms with Gasteiger partial charge in [-0.1, -0.05) is 6.92 Å². The monoisotopic (exact) mass is 317 g/mol. The van der Waals surface area contributed by atoms with Crippen molar-refractivity contribution in [3.8, 4) is 0 Å². The topological polar surface area (TPSA) is 65.1 Å². The molecule has 0 spiro atoms. The largest absolute Gasteiger partial charge is 0.466 e. The van der Waals surface area contributed by atoms with Crippen LogP contribution in [-0.2, 0) is 19.0 Å². The Morgan fingerprint density at radius 2 is 1.73 bits per heavy atom. The Kier molecular flexibility index (Phi) is 10.6. The van der Waals surface area contributed by atoms with Gasteiger partial charge < -0.3 is 19.1 Å². The molecule has 0 heterocycles. The Balaban J connectivity index is 4.32. The van der Waals surface area contributed by atoms with Crippen molar-refractivity contribution in [1.29, 1.82) is 0 Å². The fourth-order valence-corrected chi connectivity index (χ4v) is 1.69. The first-order valence-corrected chi connectivity index (χ1v) is 8.01. The normalized spacial score (nSPS) is 11.1. The van der Waals surface area contributed by atoms with Crippen molar-refractivity contribution in [2.75, 3.05) is 32.9 Å². The molecule has 0 aliphatic heterocycles. The standard InChI is InChI=1S/C16H31NO5/c1-6-12-20-13-11-17(15(19)22-16(3,4)5)10-8-9-14(18)21-7-2/h6-13H2,1-5H3. The summed E-state index contributed by atoms with van der Waals surface area (Å²) in [5.41, 5.74) is -0.541. The molecule has 0 atom stereocenters. The first-order chi connectivity index (χ1) is 10.3. The minimum absolute atomic E-state index is 0.242. The number of ether oxygens (including phenoxy) is 3. The molecule has 0 radical (unpaired) electrons. The number of nitrogens with zero attached hydrogens (tertiary/aromatic N) is 1. The molecule has 0 aliphatic carbocycles. The van der Waals surface area contributed by atoms with Crippen LogP contribution in [0.4, 0.5) is 4.79 Å². The third kappa shape index (κ3) is 11.4. The molecule has 0 aromatic heterocycles. The summed E-state index contributed by atoms with van der Waals surface area (Å²) in [6.45, 7) is 11.7. The first kappa shape index (κ1) is 20.7. The lowest BCUT2D eigenvalue weighted by Crippen LogP contribution is -2.39. The Hall–Kier alpha value is -1.30. The molecule has 0 unspecified atom stereocenters. The van der Waals surface area contributed by atoms with Gasteiger partial charge in [0.25, 0.3) is 0 Å². The molecule has 0 aromatic rings. The maximum absolute atomic E-state index is 12.2. The summed E-state index contributed by atoms with van der Waals surface area (Å²) in [4.78, 5) is 25.1. The third-order valence-electron chi connectivity index (χ3n) is 2.62. The molecule has 0 saturated carbocycles. The van der Waals surface area contributed by atoms with Crippen LogP contribution in [0.1, 0.15) is 53.9 Å². The average molecular weight is 317 g/mol. The Labute approximate surface area is 134 Å². The van der Waals surface area contributed by atoms with E-state index in [9.17, 15) is 9.59 Å². The van der Waals surface area contributed by atoms with Crippen molar-refractivity contribution in [1.82, 2.24) is 4.90 Å². The van der Waals surface area contributed by atoms with E-state index in [1.54, 1.807) is 11.8 Å². The maximum atomic E-state index is 12.2. The van der Waals surface area contributed by atoms with Gasteiger partial charge in [-0.3, -0.25) is 4.79 Å². The summed E-state index contributed by atoms with van der Waals surface area (Å²) < 4.78 is 15.7. The summed E-state index contributed by atoms with van der Waals surface area (Å²) in [6, 6.07) is 0. The molecule has 0 bridgehead atoms. The number of esters is 1. The number of rotatable bonds is 10. The zero-order valence-electron chi connectivity index (χ0n) is 14.6. The molecule has 0 fully saturated rings. The lowest BCUT2D eigenvalue weighted by atomic mass is 10.2. The fraction of sp³-hybridized carbons (Fsp3) is 0.875. The van der Waals surface area contributed by atoms with Crippen LogP contribution in [0.15, 0.2) is 0 Å². The second-order valence-electron chi connectivity index (χ2n) is 5.99. The maximum Gasteiger partial charge on any atom is 0.410 e. The van der Waals surface area contributed by atoms with Gasteiger partial charge in [-0.05, 0) is 40.5 Å². The van der Waals surface area contributed by atoms with Gasteiger partial charge >= 0.3 is 12.1 Å². The van der Waals surface area contributed by atoms with E-state index in [0.717, 1.165) is 6.42 Å². The van der Waals surface area contributed by atoms with E-state index < -0.39 is 5.60 Å². The van der Waals surface area contributed by atoms with Gasteiger partial charge in [-0.15, -0.1) is 0 Å². The molecule has 22 heavy (non-hydrogen) atoms. The second kappa shape index (κ2) is 11.3. The highest BCUT2D eigenvalue weighted by Gasteiger charge is 2.22. The van der Waals surface area contributed by atoms with Gasteiger partial charge in [0.05, 0.1) is 13.2 Å². The summed E-state index contributed by atoms with van der Waals surface area (Å²) >= 11 is 0. The van der Waals surface area contributed by atoms with E-state index in [-0.39, 0.29) is 12.1 Å². The molecular weight excluding hydrogens is 286 g/mol. The lowest BCUT2D eigenvalue weighted by molar-refractivity contribution is -0.143. The van der Waals surface area contributed by atoms with Crippen LogP contribution in [0.5, 0.6) is 0 Å². The molecular formula is C16H31NO5. The highest BCUT2D eigenvalue weighted by molar-refractivity contribution is 5.70. The van der Waals surface area contributed by atoms with Crippen molar-refractivity contribution < 1.29 is 23.8 Å².